The Morgan fingerprint density at radius 1 is 1.20 bits per heavy atom. The lowest BCUT2D eigenvalue weighted by atomic mass is 10.2. The molecule has 0 fully saturated rings. The van der Waals surface area contributed by atoms with Crippen molar-refractivity contribution in [1.82, 2.24) is 4.98 Å². The topological polar surface area (TPSA) is 52.3 Å². The van der Waals surface area contributed by atoms with Crippen LogP contribution in [-0.4, -0.2) is 11.6 Å². The van der Waals surface area contributed by atoms with Crippen molar-refractivity contribution in [3.63, 3.8) is 0 Å². The second-order valence-electron chi connectivity index (χ2n) is 4.15. The van der Waals surface area contributed by atoms with Crippen LogP contribution in [0.4, 0.5) is 0 Å². The van der Waals surface area contributed by atoms with Gasteiger partial charge in [0.1, 0.15) is 17.0 Å². The molecule has 0 radical (unpaired) electrons. The Morgan fingerprint density at radius 3 is 2.75 bits per heavy atom. The minimum atomic E-state index is -0.135. The van der Waals surface area contributed by atoms with Crippen LogP contribution >= 0.6 is 31.9 Å². The molecule has 1 aromatic rings. The maximum absolute atomic E-state index is 11.6. The van der Waals surface area contributed by atoms with Gasteiger partial charge in [0.25, 0.3) is 0 Å². The molecule has 1 aromatic carbocycles. The number of aromatic nitrogens is 1. The van der Waals surface area contributed by atoms with E-state index >= 15 is 0 Å². The van der Waals surface area contributed by atoms with Crippen LogP contribution in [0.15, 0.2) is 42.4 Å². The van der Waals surface area contributed by atoms with Gasteiger partial charge in [-0.25, -0.2) is 4.98 Å². The van der Waals surface area contributed by atoms with Gasteiger partial charge in [0, 0.05) is 12.1 Å². The Bertz CT molecular complexity index is 829. The van der Waals surface area contributed by atoms with E-state index < -0.39 is 0 Å². The van der Waals surface area contributed by atoms with Crippen molar-refractivity contribution in [2.45, 2.75) is 6.92 Å². The van der Waals surface area contributed by atoms with Crippen LogP contribution in [0.25, 0.3) is 22.6 Å². The summed E-state index contributed by atoms with van der Waals surface area (Å²) in [4.78, 5) is 16.1. The van der Waals surface area contributed by atoms with E-state index in [2.05, 4.69) is 36.8 Å². The molecule has 1 aliphatic heterocycles. The van der Waals surface area contributed by atoms with Gasteiger partial charge in [-0.2, -0.15) is 0 Å². The smallest absolute Gasteiger partial charge is 0.196 e. The maximum Gasteiger partial charge on any atom is 0.196 e. The van der Waals surface area contributed by atoms with E-state index in [1.54, 1.807) is 12.1 Å². The van der Waals surface area contributed by atoms with Crippen molar-refractivity contribution in [2.24, 2.45) is 0 Å². The Hall–Kier alpha value is -1.40. The lowest BCUT2D eigenvalue weighted by Gasteiger charge is -2.09. The van der Waals surface area contributed by atoms with Gasteiger partial charge in [0.15, 0.2) is 16.8 Å². The van der Waals surface area contributed by atoms with Crippen molar-refractivity contribution in [3.8, 4) is 17.2 Å². The van der Waals surface area contributed by atoms with Crippen molar-refractivity contribution in [1.29, 1.82) is 0 Å². The fraction of sp³-hybridized carbons (Fsp3) is 0.143. The van der Waals surface area contributed by atoms with E-state index in [0.717, 1.165) is 4.47 Å². The monoisotopic (exact) mass is 397 g/mol. The molecule has 3 rings (SSSR count). The maximum atomic E-state index is 11.6. The summed E-state index contributed by atoms with van der Waals surface area (Å²) in [5.74, 6) is 1.14. The second kappa shape index (κ2) is 5.18. The molecule has 0 N–H and O–H groups in total. The number of hydrogen-bond acceptors (Lipinski definition) is 4. The van der Waals surface area contributed by atoms with Crippen LogP contribution in [0.2, 0.25) is 0 Å². The summed E-state index contributed by atoms with van der Waals surface area (Å²) in [6.45, 7) is 2.47. The van der Waals surface area contributed by atoms with Crippen LogP contribution in [-0.2, 0) is 0 Å². The number of halogens is 2. The zero-order chi connectivity index (χ0) is 14.3. The average molecular weight is 399 g/mol. The average Bonchev–Trinajstić information content (AvgIpc) is 2.40. The number of nitrogens with zero attached hydrogens (tertiary/aromatic N) is 1. The highest BCUT2D eigenvalue weighted by Crippen LogP contribution is 2.33. The molecule has 0 bridgehead atoms. The van der Waals surface area contributed by atoms with E-state index in [1.165, 1.54) is 6.07 Å². The third-order valence-corrected chi connectivity index (χ3v) is 4.03. The molecule has 0 spiro atoms. The van der Waals surface area contributed by atoms with Crippen molar-refractivity contribution in [2.75, 3.05) is 6.61 Å². The van der Waals surface area contributed by atoms with Gasteiger partial charge in [-0.15, -0.1) is 0 Å². The number of hydrogen-bond donors (Lipinski definition) is 0. The van der Waals surface area contributed by atoms with Crippen molar-refractivity contribution < 1.29 is 9.15 Å². The number of benzene rings is 2. The molecule has 0 amide bonds. The molecule has 0 atom stereocenters. The third-order valence-electron chi connectivity index (χ3n) is 2.79. The molecular weight excluding hydrogens is 390 g/mol. The molecule has 6 heteroatoms. The van der Waals surface area contributed by atoms with Gasteiger partial charge >= 0.3 is 0 Å². The predicted molar refractivity (Wildman–Crippen MR) is 83.5 cm³/mol. The molecule has 0 unspecified atom stereocenters. The molecule has 1 aliphatic carbocycles. The minimum absolute atomic E-state index is 0.135. The van der Waals surface area contributed by atoms with Gasteiger partial charge in [-0.1, -0.05) is 0 Å². The SMILES string of the molecule is CCOc1cc2oc3cc(=O)c(Br)cc-3nc2cc1Br. The quantitative estimate of drug-likeness (QED) is 0.606. The predicted octanol–water partition coefficient (Wildman–Crippen LogP) is 4.22. The van der Waals surface area contributed by atoms with Gasteiger partial charge < -0.3 is 9.15 Å². The van der Waals surface area contributed by atoms with Crippen LogP contribution in [0.5, 0.6) is 5.75 Å². The zero-order valence-corrected chi connectivity index (χ0v) is 13.6. The van der Waals surface area contributed by atoms with E-state index in [4.69, 9.17) is 9.15 Å². The number of rotatable bonds is 2. The molecule has 0 saturated carbocycles. The van der Waals surface area contributed by atoms with Crippen LogP contribution in [0, 0.1) is 0 Å². The third kappa shape index (κ3) is 2.33. The highest BCUT2D eigenvalue weighted by Gasteiger charge is 2.14. The lowest BCUT2D eigenvalue weighted by molar-refractivity contribution is 0.338. The van der Waals surface area contributed by atoms with E-state index in [1.807, 2.05) is 13.0 Å². The Kier molecular flexibility index (Phi) is 3.52. The highest BCUT2D eigenvalue weighted by atomic mass is 79.9. The summed E-state index contributed by atoms with van der Waals surface area (Å²) in [6.07, 6.45) is 0. The van der Waals surface area contributed by atoms with Crippen molar-refractivity contribution in [3.05, 3.63) is 43.4 Å². The summed E-state index contributed by atoms with van der Waals surface area (Å²) in [5.41, 5.74) is 1.76. The Labute approximate surface area is 131 Å². The summed E-state index contributed by atoms with van der Waals surface area (Å²) in [5, 5.41) is 0. The normalized spacial score (nSPS) is 11.2. The molecular formula is C14H9Br2NO3. The first-order valence-electron chi connectivity index (χ1n) is 5.95. The van der Waals surface area contributed by atoms with Gasteiger partial charge in [0.05, 0.1) is 15.6 Å². The molecule has 4 nitrogen and oxygen atoms in total. The first-order valence-corrected chi connectivity index (χ1v) is 7.53. The minimum Gasteiger partial charge on any atom is -0.493 e. The summed E-state index contributed by atoms with van der Waals surface area (Å²) < 4.78 is 12.5. The summed E-state index contributed by atoms with van der Waals surface area (Å²) >= 11 is 6.65. The van der Waals surface area contributed by atoms with E-state index in [9.17, 15) is 4.79 Å². The summed E-state index contributed by atoms with van der Waals surface area (Å²) in [7, 11) is 0. The first kappa shape index (κ1) is 13.6. The van der Waals surface area contributed by atoms with Crippen LogP contribution in [0.1, 0.15) is 6.92 Å². The Morgan fingerprint density at radius 2 is 2.00 bits per heavy atom. The van der Waals surface area contributed by atoms with E-state index in [-0.39, 0.29) is 5.43 Å². The highest BCUT2D eigenvalue weighted by molar-refractivity contribution is 9.10. The first-order chi connectivity index (χ1) is 9.58. The lowest BCUT2D eigenvalue weighted by Crippen LogP contribution is -2.02. The van der Waals surface area contributed by atoms with Crippen molar-refractivity contribution >= 4 is 43.0 Å². The largest absolute Gasteiger partial charge is 0.493 e. The Balaban J connectivity index is 2.31. The summed E-state index contributed by atoms with van der Waals surface area (Å²) in [6, 6.07) is 6.68. The fourth-order valence-electron chi connectivity index (χ4n) is 1.90. The standard InChI is InChI=1S/C14H9Br2NO3/c1-2-19-12-6-14-10(4-8(12)16)17-9-3-7(15)11(18)5-13(9)20-14/h3-6H,2H2,1H3. The van der Waals surface area contributed by atoms with E-state index in [0.29, 0.717) is 39.4 Å². The molecule has 0 saturated heterocycles. The molecule has 0 aromatic heterocycles. The molecule has 20 heavy (non-hydrogen) atoms. The van der Waals surface area contributed by atoms with Gasteiger partial charge in [-0.3, -0.25) is 4.79 Å². The fourth-order valence-corrected chi connectivity index (χ4v) is 2.68. The van der Waals surface area contributed by atoms with Crippen LogP contribution in [0.3, 0.4) is 0 Å². The van der Waals surface area contributed by atoms with Gasteiger partial charge in [0.2, 0.25) is 0 Å². The van der Waals surface area contributed by atoms with Gasteiger partial charge in [-0.05, 0) is 50.9 Å². The van der Waals surface area contributed by atoms with Crippen LogP contribution < -0.4 is 10.2 Å². The zero-order valence-electron chi connectivity index (χ0n) is 10.4. The second-order valence-corrected chi connectivity index (χ2v) is 5.86. The molecule has 2 aliphatic rings. The number of ether oxygens (including phenoxy) is 1. The molecule has 102 valence electrons. The number of fused-ring (bicyclic) bond motifs is 2. The molecule has 1 heterocycles.